The molecule has 0 spiro atoms. The van der Waals surface area contributed by atoms with Crippen molar-refractivity contribution >= 4 is 46.1 Å². The number of carboxylic acids is 2. The number of nitrogen functional groups attached to an aromatic ring is 1. The van der Waals surface area contributed by atoms with Crippen LogP contribution >= 0.6 is 11.3 Å². The standard InChI is InChI=1S/C23H28N6OS.2C2HF3O2/c1-14-4-6-17(7-5-14)12-15(2)13-26-23(30)29-21(24)28-19-10-8-18(9-11-19)20-16(3)27-22(25)31-20;2*3-2(4,5)1(6)7/h4-11,15H,12-13H2,1-3H3,(H2,25,27)(H4,24,26,28,29,30);2*(H,6,7). The van der Waals surface area contributed by atoms with E-state index in [1.807, 2.05) is 31.2 Å². The van der Waals surface area contributed by atoms with E-state index < -0.39 is 24.3 Å². The third-order valence-corrected chi connectivity index (χ3v) is 6.27. The van der Waals surface area contributed by atoms with Crippen LogP contribution in [0.3, 0.4) is 0 Å². The number of hydrogen-bond acceptors (Lipinski definition) is 7. The van der Waals surface area contributed by atoms with Crippen LogP contribution in [0.5, 0.6) is 0 Å². The van der Waals surface area contributed by atoms with Gasteiger partial charge in [0.25, 0.3) is 0 Å². The lowest BCUT2D eigenvalue weighted by Gasteiger charge is -2.13. The fourth-order valence-electron chi connectivity index (χ4n) is 3.17. The molecule has 11 nitrogen and oxygen atoms in total. The molecule has 0 aliphatic heterocycles. The van der Waals surface area contributed by atoms with Crippen molar-refractivity contribution in [2.45, 2.75) is 39.5 Å². The van der Waals surface area contributed by atoms with Gasteiger partial charge in [0.1, 0.15) is 0 Å². The highest BCUT2D eigenvalue weighted by atomic mass is 32.1. The average Bonchev–Trinajstić information content (AvgIpc) is 3.26. The number of thiazole rings is 1. The van der Waals surface area contributed by atoms with Crippen LogP contribution in [0, 0.1) is 19.8 Å². The Morgan fingerprint density at radius 2 is 1.42 bits per heavy atom. The molecule has 0 aliphatic carbocycles. The lowest BCUT2D eigenvalue weighted by molar-refractivity contribution is -0.193. The Morgan fingerprint density at radius 3 is 1.84 bits per heavy atom. The van der Waals surface area contributed by atoms with Crippen molar-refractivity contribution in [3.8, 4) is 10.4 Å². The molecule has 18 heteroatoms. The average molecular weight is 665 g/mol. The molecule has 3 aromatic rings. The molecule has 2 aromatic carbocycles. The molecule has 1 atom stereocenters. The summed E-state index contributed by atoms with van der Waals surface area (Å²) >= 11 is 1.45. The minimum Gasteiger partial charge on any atom is -0.475 e. The Bertz CT molecular complexity index is 1430. The van der Waals surface area contributed by atoms with Gasteiger partial charge in [0.15, 0.2) is 5.13 Å². The fraction of sp³-hybridized carbons (Fsp3) is 0.296. The van der Waals surface area contributed by atoms with Gasteiger partial charge in [-0.25, -0.2) is 24.4 Å². The number of nitrogens with one attached hydrogen (secondary N) is 2. The van der Waals surface area contributed by atoms with Crippen molar-refractivity contribution in [3.63, 3.8) is 0 Å². The number of rotatable bonds is 6. The number of carbonyl (C=O) groups excluding carboxylic acids is 1. The number of benzene rings is 2. The van der Waals surface area contributed by atoms with E-state index >= 15 is 0 Å². The van der Waals surface area contributed by atoms with Crippen molar-refractivity contribution in [2.24, 2.45) is 16.6 Å². The normalized spacial score (nSPS) is 12.1. The number of carbonyl (C=O) groups is 3. The molecule has 3 rings (SSSR count). The first-order chi connectivity index (χ1) is 20.7. The zero-order valence-electron chi connectivity index (χ0n) is 24.0. The highest BCUT2D eigenvalue weighted by Crippen LogP contribution is 2.32. The highest BCUT2D eigenvalue weighted by molar-refractivity contribution is 7.18. The van der Waals surface area contributed by atoms with Crippen LogP contribution < -0.4 is 22.1 Å². The number of urea groups is 1. The second kappa shape index (κ2) is 16.8. The Balaban J connectivity index is 0.000000601. The summed E-state index contributed by atoms with van der Waals surface area (Å²) in [4.78, 5) is 39.4. The van der Waals surface area contributed by atoms with Gasteiger partial charge in [0.05, 0.1) is 16.3 Å². The van der Waals surface area contributed by atoms with E-state index in [-0.39, 0.29) is 12.0 Å². The molecule has 1 unspecified atom stereocenters. The van der Waals surface area contributed by atoms with Gasteiger partial charge >= 0.3 is 30.3 Å². The molecule has 0 fully saturated rings. The summed E-state index contributed by atoms with van der Waals surface area (Å²) in [5, 5.41) is 20.2. The van der Waals surface area contributed by atoms with Gasteiger partial charge in [-0.2, -0.15) is 26.3 Å². The lowest BCUT2D eigenvalue weighted by atomic mass is 10.0. The first-order valence-electron chi connectivity index (χ1n) is 12.6. The number of alkyl halides is 6. The van der Waals surface area contributed by atoms with Gasteiger partial charge < -0.3 is 27.0 Å². The number of guanidine groups is 1. The summed E-state index contributed by atoms with van der Waals surface area (Å²) in [6.07, 6.45) is -9.28. The molecular weight excluding hydrogens is 634 g/mol. The van der Waals surface area contributed by atoms with E-state index in [0.29, 0.717) is 23.3 Å². The van der Waals surface area contributed by atoms with Crippen LogP contribution in [0.15, 0.2) is 53.5 Å². The minimum absolute atomic E-state index is 0.0367. The van der Waals surface area contributed by atoms with Crippen LogP contribution in [-0.2, 0) is 16.0 Å². The molecule has 2 amide bonds. The second-order valence-electron chi connectivity index (χ2n) is 9.25. The lowest BCUT2D eigenvalue weighted by Crippen LogP contribution is -2.44. The van der Waals surface area contributed by atoms with E-state index in [9.17, 15) is 31.1 Å². The molecule has 8 N–H and O–H groups in total. The molecule has 0 bridgehead atoms. The predicted molar refractivity (Wildman–Crippen MR) is 156 cm³/mol. The van der Waals surface area contributed by atoms with Gasteiger partial charge in [0.2, 0.25) is 5.96 Å². The monoisotopic (exact) mass is 664 g/mol. The maximum Gasteiger partial charge on any atom is 0.490 e. The van der Waals surface area contributed by atoms with Crippen molar-refractivity contribution in [1.82, 2.24) is 15.6 Å². The van der Waals surface area contributed by atoms with Crippen LogP contribution in [0.4, 0.5) is 42.0 Å². The number of carboxylic acid groups (broad SMARTS) is 2. The number of aryl methyl sites for hydroxylation is 2. The molecular formula is C27H30F6N6O5S. The number of halogens is 6. The number of aliphatic carboxylic acids is 2. The van der Waals surface area contributed by atoms with Gasteiger partial charge in [-0.1, -0.05) is 60.2 Å². The molecule has 0 radical (unpaired) electrons. The Hall–Kier alpha value is -4.87. The number of aromatic nitrogens is 1. The van der Waals surface area contributed by atoms with Gasteiger partial charge in [-0.3, -0.25) is 5.32 Å². The van der Waals surface area contributed by atoms with E-state index in [1.165, 1.54) is 22.5 Å². The quantitative estimate of drug-likeness (QED) is 0.115. The van der Waals surface area contributed by atoms with E-state index in [0.717, 1.165) is 22.6 Å². The summed E-state index contributed by atoms with van der Waals surface area (Å²) in [5.41, 5.74) is 16.7. The van der Waals surface area contributed by atoms with Gasteiger partial charge in [0, 0.05) is 6.54 Å². The van der Waals surface area contributed by atoms with E-state index in [2.05, 4.69) is 58.7 Å². The minimum atomic E-state index is -5.08. The molecule has 45 heavy (non-hydrogen) atoms. The third-order valence-electron chi connectivity index (χ3n) is 5.23. The maximum atomic E-state index is 12.1. The molecule has 0 saturated carbocycles. The molecule has 1 heterocycles. The fourth-order valence-corrected chi connectivity index (χ4v) is 4.00. The number of nitrogens with two attached hydrogens (primary N) is 2. The van der Waals surface area contributed by atoms with E-state index in [1.54, 1.807) is 0 Å². The molecule has 0 saturated heterocycles. The van der Waals surface area contributed by atoms with Crippen molar-refractivity contribution in [2.75, 3.05) is 12.3 Å². The summed E-state index contributed by atoms with van der Waals surface area (Å²) in [7, 11) is 0. The van der Waals surface area contributed by atoms with Gasteiger partial charge in [-0.15, -0.1) is 0 Å². The zero-order chi connectivity index (χ0) is 34.5. The summed E-state index contributed by atoms with van der Waals surface area (Å²) in [6, 6.07) is 15.6. The first-order valence-corrected chi connectivity index (χ1v) is 13.4. The van der Waals surface area contributed by atoms with Crippen LogP contribution in [0.25, 0.3) is 10.4 Å². The highest BCUT2D eigenvalue weighted by Gasteiger charge is 2.38. The van der Waals surface area contributed by atoms with Crippen LogP contribution in [0.2, 0.25) is 0 Å². The molecule has 1 aromatic heterocycles. The summed E-state index contributed by atoms with van der Waals surface area (Å²) < 4.78 is 63.5. The molecule has 246 valence electrons. The third kappa shape index (κ3) is 14.9. The van der Waals surface area contributed by atoms with E-state index in [4.69, 9.17) is 31.3 Å². The predicted octanol–water partition coefficient (Wildman–Crippen LogP) is 5.40. The second-order valence-corrected chi connectivity index (χ2v) is 10.3. The Morgan fingerprint density at radius 1 is 0.933 bits per heavy atom. The zero-order valence-corrected chi connectivity index (χ0v) is 24.8. The van der Waals surface area contributed by atoms with Crippen molar-refractivity contribution < 1.29 is 50.9 Å². The number of hydrogen-bond donors (Lipinski definition) is 6. The number of nitrogens with zero attached hydrogens (tertiary/aromatic N) is 2. The number of aliphatic imine (C=N–C) groups is 1. The van der Waals surface area contributed by atoms with Crippen molar-refractivity contribution in [1.29, 1.82) is 0 Å². The number of amides is 2. The smallest absolute Gasteiger partial charge is 0.475 e. The summed E-state index contributed by atoms with van der Waals surface area (Å²) in [5.74, 6) is -5.18. The van der Waals surface area contributed by atoms with Gasteiger partial charge in [-0.05, 0) is 49.4 Å². The largest absolute Gasteiger partial charge is 0.490 e. The Kier molecular flexibility index (Phi) is 14.3. The summed E-state index contributed by atoms with van der Waals surface area (Å²) in [6.45, 7) is 6.63. The topological polar surface area (TPSA) is 193 Å². The SMILES string of the molecule is Cc1ccc(CC(C)CNC(=O)NC(N)=Nc2ccc(-c3sc(N)nc3C)cc2)cc1.O=C(O)C(F)(F)F.O=C(O)C(F)(F)F. The first kappa shape index (κ1) is 38.2. The van der Waals surface area contributed by atoms with Crippen molar-refractivity contribution in [3.05, 3.63) is 65.4 Å². The van der Waals surface area contributed by atoms with Crippen LogP contribution in [0.1, 0.15) is 23.7 Å². The molecule has 0 aliphatic rings. The van der Waals surface area contributed by atoms with Crippen LogP contribution in [-0.4, -0.2) is 58.0 Å². The maximum absolute atomic E-state index is 12.1. The number of anilines is 1. The Labute approximate surface area is 257 Å².